The Bertz CT molecular complexity index is 763. The molecule has 2 rings (SSSR count). The summed E-state index contributed by atoms with van der Waals surface area (Å²) in [7, 11) is -4.02. The van der Waals surface area contributed by atoms with Crippen molar-refractivity contribution in [2.75, 3.05) is 6.54 Å². The van der Waals surface area contributed by atoms with Gasteiger partial charge in [0.2, 0.25) is 0 Å². The molecule has 0 saturated carbocycles. The van der Waals surface area contributed by atoms with Gasteiger partial charge in [0.05, 0.1) is 5.54 Å². The number of carboxylic acid groups (broad SMARTS) is 1. The maximum atomic E-state index is 12.9. The van der Waals surface area contributed by atoms with E-state index in [2.05, 4.69) is 4.99 Å². The molecular formula is C15H18N2O5S. The number of carbonyl (C=O) groups is 2. The zero-order chi connectivity index (χ0) is 17.4. The van der Waals surface area contributed by atoms with E-state index in [1.807, 2.05) is 0 Å². The first kappa shape index (κ1) is 17.1. The Morgan fingerprint density at radius 3 is 2.30 bits per heavy atom. The summed E-state index contributed by atoms with van der Waals surface area (Å²) in [6.07, 6.45) is 0. The summed E-state index contributed by atoms with van der Waals surface area (Å²) in [6, 6.07) is 8.20. The second kappa shape index (κ2) is 5.77. The highest BCUT2D eigenvalue weighted by Crippen LogP contribution is 2.38. The molecule has 124 valence electrons. The van der Waals surface area contributed by atoms with Gasteiger partial charge in [0.1, 0.15) is 12.3 Å². The van der Waals surface area contributed by atoms with Gasteiger partial charge in [0, 0.05) is 0 Å². The molecule has 1 unspecified atom stereocenters. The van der Waals surface area contributed by atoms with Crippen molar-refractivity contribution >= 4 is 27.6 Å². The fourth-order valence-corrected chi connectivity index (χ4v) is 4.78. The molecule has 1 N–H and O–H groups in total. The van der Waals surface area contributed by atoms with E-state index in [1.54, 1.807) is 51.1 Å². The zero-order valence-electron chi connectivity index (χ0n) is 13.1. The van der Waals surface area contributed by atoms with E-state index in [-0.39, 0.29) is 5.71 Å². The molecule has 0 aromatic heterocycles. The molecule has 1 atom stereocenters. The van der Waals surface area contributed by atoms with Crippen molar-refractivity contribution in [3.63, 3.8) is 0 Å². The Hall–Kier alpha value is -2.22. The van der Waals surface area contributed by atoms with Crippen LogP contribution in [0.25, 0.3) is 0 Å². The van der Waals surface area contributed by atoms with Crippen LogP contribution in [0.15, 0.2) is 35.3 Å². The molecule has 7 nitrogen and oxygen atoms in total. The van der Waals surface area contributed by atoms with Crippen molar-refractivity contribution in [3.05, 3.63) is 35.9 Å². The van der Waals surface area contributed by atoms with Crippen molar-refractivity contribution in [2.45, 2.75) is 31.6 Å². The highest BCUT2D eigenvalue weighted by Gasteiger charge is 2.54. The predicted molar refractivity (Wildman–Crippen MR) is 84.6 cm³/mol. The first-order chi connectivity index (χ1) is 10.6. The molecule has 1 fully saturated rings. The number of hydrogen-bond donors (Lipinski definition) is 1. The lowest BCUT2D eigenvalue weighted by Crippen LogP contribution is -2.45. The van der Waals surface area contributed by atoms with Gasteiger partial charge in [-0.05, 0) is 26.3 Å². The third-order valence-electron chi connectivity index (χ3n) is 3.30. The van der Waals surface area contributed by atoms with E-state index in [9.17, 15) is 18.0 Å². The van der Waals surface area contributed by atoms with Crippen LogP contribution in [0.2, 0.25) is 0 Å². The third kappa shape index (κ3) is 3.12. The zero-order valence-corrected chi connectivity index (χ0v) is 13.9. The molecular weight excluding hydrogens is 320 g/mol. The second-order valence-corrected chi connectivity index (χ2v) is 8.04. The second-order valence-electron chi connectivity index (χ2n) is 6.17. The lowest BCUT2D eigenvalue weighted by atomic mass is 10.1. The summed E-state index contributed by atoms with van der Waals surface area (Å²) >= 11 is 0. The van der Waals surface area contributed by atoms with Gasteiger partial charge in [0.25, 0.3) is 15.9 Å². The summed E-state index contributed by atoms with van der Waals surface area (Å²) in [6.45, 7) is 4.15. The molecule has 1 aromatic carbocycles. The summed E-state index contributed by atoms with van der Waals surface area (Å²) < 4.78 is 26.6. The number of aliphatic imine (C=N–C) groups is 1. The predicted octanol–water partition coefficient (Wildman–Crippen LogP) is 1.22. The molecule has 1 saturated heterocycles. The van der Waals surface area contributed by atoms with Crippen LogP contribution in [0.4, 0.5) is 0 Å². The minimum atomic E-state index is -4.02. The molecule has 0 bridgehead atoms. The summed E-state index contributed by atoms with van der Waals surface area (Å²) in [5.74, 6) is -2.00. The molecule has 23 heavy (non-hydrogen) atoms. The van der Waals surface area contributed by atoms with E-state index in [1.165, 1.54) is 0 Å². The summed E-state index contributed by atoms with van der Waals surface area (Å²) in [5.41, 5.74) is -0.839. The first-order valence-electron chi connectivity index (χ1n) is 6.96. The number of nitrogens with zero attached hydrogens (tertiary/aromatic N) is 2. The molecule has 8 heteroatoms. The highest BCUT2D eigenvalue weighted by molar-refractivity contribution is 7.91. The van der Waals surface area contributed by atoms with Gasteiger partial charge >= 0.3 is 5.97 Å². The van der Waals surface area contributed by atoms with Crippen molar-refractivity contribution in [2.24, 2.45) is 4.99 Å². The van der Waals surface area contributed by atoms with Gasteiger partial charge in [-0.2, -0.15) is 0 Å². The average molecular weight is 338 g/mol. The molecule has 1 aliphatic heterocycles. The van der Waals surface area contributed by atoms with Crippen molar-refractivity contribution in [1.82, 2.24) is 4.31 Å². The monoisotopic (exact) mass is 338 g/mol. The number of amides is 1. The minimum absolute atomic E-state index is 0.256. The van der Waals surface area contributed by atoms with Crippen LogP contribution in [0.5, 0.6) is 0 Å². The van der Waals surface area contributed by atoms with Gasteiger partial charge in [-0.25, -0.2) is 12.7 Å². The van der Waals surface area contributed by atoms with E-state index in [4.69, 9.17) is 5.11 Å². The lowest BCUT2D eigenvalue weighted by Gasteiger charge is -2.30. The largest absolute Gasteiger partial charge is 0.480 e. The topological polar surface area (TPSA) is 104 Å². The Labute approximate surface area is 134 Å². The molecule has 1 amide bonds. The van der Waals surface area contributed by atoms with Gasteiger partial charge in [-0.3, -0.25) is 14.6 Å². The van der Waals surface area contributed by atoms with Crippen LogP contribution in [-0.2, 0) is 19.6 Å². The normalized spacial score (nSPS) is 22.6. The number of carboxylic acids is 1. The SMILES string of the molecule is CC(C)(C)N1C(=O)C(=NCC(=O)O)C(c2ccccc2)S1(=O)=O. The number of carbonyl (C=O) groups excluding carboxylic acids is 1. The van der Waals surface area contributed by atoms with E-state index in [0.717, 1.165) is 4.31 Å². The van der Waals surface area contributed by atoms with Gasteiger partial charge < -0.3 is 5.11 Å². The maximum Gasteiger partial charge on any atom is 0.325 e. The van der Waals surface area contributed by atoms with E-state index >= 15 is 0 Å². The highest BCUT2D eigenvalue weighted by atomic mass is 32.2. The van der Waals surface area contributed by atoms with Crippen LogP contribution in [-0.4, -0.2) is 47.5 Å². The number of rotatable bonds is 3. The fraction of sp³-hybridized carbons (Fsp3) is 0.400. The molecule has 0 spiro atoms. The van der Waals surface area contributed by atoms with Crippen molar-refractivity contribution in [1.29, 1.82) is 0 Å². The fourth-order valence-electron chi connectivity index (χ4n) is 2.53. The van der Waals surface area contributed by atoms with Gasteiger partial charge in [-0.1, -0.05) is 30.3 Å². The smallest absolute Gasteiger partial charge is 0.325 e. The standard InChI is InChI=1S/C15H18N2O5S/c1-15(2,3)17-14(20)12(16-9-11(18)19)13(23(17,21)22)10-7-5-4-6-8-10/h4-8,13H,9H2,1-3H3,(H,18,19). The van der Waals surface area contributed by atoms with E-state index in [0.29, 0.717) is 5.56 Å². The number of benzene rings is 1. The van der Waals surface area contributed by atoms with Gasteiger partial charge in [-0.15, -0.1) is 0 Å². The van der Waals surface area contributed by atoms with Crippen molar-refractivity contribution < 1.29 is 23.1 Å². The third-order valence-corrected chi connectivity index (χ3v) is 5.61. The van der Waals surface area contributed by atoms with E-state index < -0.39 is 39.2 Å². The quantitative estimate of drug-likeness (QED) is 0.892. The molecule has 0 aliphatic carbocycles. The Kier molecular flexibility index (Phi) is 4.30. The lowest BCUT2D eigenvalue weighted by molar-refractivity contribution is -0.135. The number of sulfonamides is 1. The molecule has 0 radical (unpaired) electrons. The molecule has 1 heterocycles. The summed E-state index contributed by atoms with van der Waals surface area (Å²) in [5, 5.41) is 7.51. The van der Waals surface area contributed by atoms with Crippen molar-refractivity contribution in [3.8, 4) is 0 Å². The Morgan fingerprint density at radius 1 is 1.26 bits per heavy atom. The van der Waals surface area contributed by atoms with Gasteiger partial charge in [0.15, 0.2) is 5.25 Å². The Balaban J connectivity index is 2.66. The maximum absolute atomic E-state index is 12.9. The first-order valence-corrected chi connectivity index (χ1v) is 8.47. The number of hydrogen-bond acceptors (Lipinski definition) is 5. The molecule has 1 aliphatic rings. The van der Waals surface area contributed by atoms with Crippen LogP contribution in [0, 0.1) is 0 Å². The van der Waals surface area contributed by atoms with Crippen LogP contribution in [0.3, 0.4) is 0 Å². The number of aliphatic carboxylic acids is 1. The molecule has 1 aromatic rings. The summed E-state index contributed by atoms with van der Waals surface area (Å²) in [4.78, 5) is 27.1. The van der Waals surface area contributed by atoms with Crippen LogP contribution < -0.4 is 0 Å². The Morgan fingerprint density at radius 2 is 1.83 bits per heavy atom. The van der Waals surface area contributed by atoms with Crippen LogP contribution >= 0.6 is 0 Å². The minimum Gasteiger partial charge on any atom is -0.480 e. The average Bonchev–Trinajstić information content (AvgIpc) is 2.62. The van der Waals surface area contributed by atoms with Crippen LogP contribution in [0.1, 0.15) is 31.6 Å².